The van der Waals surface area contributed by atoms with Gasteiger partial charge in [-0.05, 0) is 48.7 Å². The third-order valence-corrected chi connectivity index (χ3v) is 6.49. The number of benzene rings is 2. The quantitative estimate of drug-likeness (QED) is 0.630. The van der Waals surface area contributed by atoms with Crippen molar-refractivity contribution >= 4 is 27.5 Å². The first-order valence-electron chi connectivity index (χ1n) is 9.72. The summed E-state index contributed by atoms with van der Waals surface area (Å²) in [6, 6.07) is 12.0. The molecule has 6 nitrogen and oxygen atoms in total. The van der Waals surface area contributed by atoms with Crippen LogP contribution in [0.3, 0.4) is 0 Å². The van der Waals surface area contributed by atoms with Crippen LogP contribution in [0.4, 0.5) is 4.39 Å². The first-order chi connectivity index (χ1) is 14.3. The summed E-state index contributed by atoms with van der Waals surface area (Å²) in [5.74, 6) is -0.602. The Balaban J connectivity index is 1.62. The number of hydrogen-bond acceptors (Lipinski definition) is 4. The van der Waals surface area contributed by atoms with Gasteiger partial charge in [0, 0.05) is 37.7 Å². The van der Waals surface area contributed by atoms with Gasteiger partial charge in [-0.1, -0.05) is 29.8 Å². The summed E-state index contributed by atoms with van der Waals surface area (Å²) in [4.78, 5) is 14.5. The molecule has 0 aromatic heterocycles. The molecule has 0 radical (unpaired) electrons. The van der Waals surface area contributed by atoms with E-state index in [9.17, 15) is 17.6 Å². The third kappa shape index (κ3) is 6.50. The second-order valence-corrected chi connectivity index (χ2v) is 9.35. The Morgan fingerprint density at radius 1 is 1.23 bits per heavy atom. The molecule has 9 heteroatoms. The van der Waals surface area contributed by atoms with Gasteiger partial charge in [0.05, 0.1) is 11.0 Å². The molecule has 30 heavy (non-hydrogen) atoms. The molecule has 2 aromatic carbocycles. The molecule has 1 aliphatic heterocycles. The van der Waals surface area contributed by atoms with Gasteiger partial charge in [-0.25, -0.2) is 17.5 Å². The largest absolute Gasteiger partial charge is 0.376 e. The lowest BCUT2D eigenvalue weighted by Gasteiger charge is -2.26. The summed E-state index contributed by atoms with van der Waals surface area (Å²) >= 11 is 5.85. The summed E-state index contributed by atoms with van der Waals surface area (Å²) in [5.41, 5.74) is 0.667. The van der Waals surface area contributed by atoms with Crippen molar-refractivity contribution in [1.82, 2.24) is 9.62 Å². The highest BCUT2D eigenvalue weighted by Gasteiger charge is 2.23. The predicted molar refractivity (Wildman–Crippen MR) is 112 cm³/mol. The van der Waals surface area contributed by atoms with E-state index in [4.69, 9.17) is 16.3 Å². The molecule has 3 rings (SSSR count). The Hall–Kier alpha value is -2.00. The van der Waals surface area contributed by atoms with Crippen molar-refractivity contribution in [2.24, 2.45) is 0 Å². The number of nitrogens with zero attached hydrogens (tertiary/aromatic N) is 1. The van der Waals surface area contributed by atoms with Crippen molar-refractivity contribution < 1.29 is 22.3 Å². The van der Waals surface area contributed by atoms with Gasteiger partial charge in [0.2, 0.25) is 15.9 Å². The van der Waals surface area contributed by atoms with E-state index in [-0.39, 0.29) is 42.2 Å². The minimum absolute atomic E-state index is 0.0260. The van der Waals surface area contributed by atoms with Crippen LogP contribution < -0.4 is 4.72 Å². The van der Waals surface area contributed by atoms with Crippen LogP contribution >= 0.6 is 11.6 Å². The second-order valence-electron chi connectivity index (χ2n) is 7.14. The molecule has 1 saturated heterocycles. The maximum atomic E-state index is 13.5. The van der Waals surface area contributed by atoms with Crippen molar-refractivity contribution in [3.05, 3.63) is 64.9 Å². The lowest BCUT2D eigenvalue weighted by atomic mass is 10.1. The molecule has 1 aliphatic rings. The van der Waals surface area contributed by atoms with Crippen LogP contribution in [0.1, 0.15) is 24.8 Å². The molecule has 0 aliphatic carbocycles. The van der Waals surface area contributed by atoms with Gasteiger partial charge in [0.25, 0.3) is 0 Å². The van der Waals surface area contributed by atoms with Gasteiger partial charge in [-0.15, -0.1) is 0 Å². The minimum atomic E-state index is -3.77. The third-order valence-electron chi connectivity index (χ3n) is 4.80. The Kier molecular flexibility index (Phi) is 7.82. The SMILES string of the molecule is O=C(CCNS(=O)(=O)c1cccc(Cl)c1)N(Cc1cccc(F)c1)CC1CCCO1. The fourth-order valence-electron chi connectivity index (χ4n) is 3.31. The van der Waals surface area contributed by atoms with E-state index in [1.807, 2.05) is 0 Å². The number of carbonyl (C=O) groups excluding carboxylic acids is 1. The monoisotopic (exact) mass is 454 g/mol. The summed E-state index contributed by atoms with van der Waals surface area (Å²) in [7, 11) is -3.77. The van der Waals surface area contributed by atoms with E-state index in [1.165, 1.54) is 24.3 Å². The average Bonchev–Trinajstić information content (AvgIpc) is 3.20. The molecule has 1 N–H and O–H groups in total. The first kappa shape index (κ1) is 22.7. The normalized spacial score (nSPS) is 16.5. The molecular formula is C21H24ClFN2O4S. The van der Waals surface area contributed by atoms with Gasteiger partial charge in [0.15, 0.2) is 0 Å². The molecule has 1 amide bonds. The lowest BCUT2D eigenvalue weighted by Crippen LogP contribution is -2.38. The fraction of sp³-hybridized carbons (Fsp3) is 0.381. The van der Waals surface area contributed by atoms with E-state index in [0.29, 0.717) is 23.7 Å². The van der Waals surface area contributed by atoms with Gasteiger partial charge in [-0.3, -0.25) is 4.79 Å². The van der Waals surface area contributed by atoms with Crippen LogP contribution in [-0.4, -0.2) is 45.0 Å². The van der Waals surface area contributed by atoms with E-state index < -0.39 is 10.0 Å². The smallest absolute Gasteiger partial charge is 0.240 e. The van der Waals surface area contributed by atoms with Crippen molar-refractivity contribution in [2.45, 2.75) is 36.8 Å². The number of ether oxygens (including phenoxy) is 1. The Morgan fingerprint density at radius 2 is 2.03 bits per heavy atom. The van der Waals surface area contributed by atoms with Gasteiger partial charge in [-0.2, -0.15) is 0 Å². The highest BCUT2D eigenvalue weighted by molar-refractivity contribution is 7.89. The van der Waals surface area contributed by atoms with Crippen molar-refractivity contribution in [3.8, 4) is 0 Å². The maximum Gasteiger partial charge on any atom is 0.240 e. The van der Waals surface area contributed by atoms with Crippen molar-refractivity contribution in [2.75, 3.05) is 19.7 Å². The number of halogens is 2. The van der Waals surface area contributed by atoms with E-state index in [1.54, 1.807) is 29.2 Å². The number of nitrogens with one attached hydrogen (secondary N) is 1. The van der Waals surface area contributed by atoms with Crippen LogP contribution in [0.5, 0.6) is 0 Å². The number of amides is 1. The van der Waals surface area contributed by atoms with E-state index in [2.05, 4.69) is 4.72 Å². The molecule has 1 atom stereocenters. The van der Waals surface area contributed by atoms with Crippen LogP contribution in [0.2, 0.25) is 5.02 Å². The predicted octanol–water partition coefficient (Wildman–Crippen LogP) is 3.36. The molecule has 162 valence electrons. The number of hydrogen-bond donors (Lipinski definition) is 1. The maximum absolute atomic E-state index is 13.5. The lowest BCUT2D eigenvalue weighted by molar-refractivity contribution is -0.133. The van der Waals surface area contributed by atoms with Crippen LogP contribution in [0, 0.1) is 5.82 Å². The van der Waals surface area contributed by atoms with Gasteiger partial charge in [0.1, 0.15) is 5.82 Å². The Morgan fingerprint density at radius 3 is 2.73 bits per heavy atom. The average molecular weight is 455 g/mol. The zero-order chi connectivity index (χ0) is 21.6. The summed E-state index contributed by atoms with van der Waals surface area (Å²) in [6.07, 6.45) is 1.70. The highest BCUT2D eigenvalue weighted by Crippen LogP contribution is 2.17. The molecule has 1 heterocycles. The van der Waals surface area contributed by atoms with Crippen molar-refractivity contribution in [1.29, 1.82) is 0 Å². The van der Waals surface area contributed by atoms with Gasteiger partial charge < -0.3 is 9.64 Å². The topological polar surface area (TPSA) is 75.7 Å². The summed E-state index contributed by atoms with van der Waals surface area (Å²) < 4.78 is 46.4. The highest BCUT2D eigenvalue weighted by atomic mass is 35.5. The first-order valence-corrected chi connectivity index (χ1v) is 11.6. The number of rotatable bonds is 9. The molecule has 2 aromatic rings. The zero-order valence-corrected chi connectivity index (χ0v) is 18.0. The summed E-state index contributed by atoms with van der Waals surface area (Å²) in [6.45, 7) is 1.22. The van der Waals surface area contributed by atoms with E-state index in [0.717, 1.165) is 12.8 Å². The van der Waals surface area contributed by atoms with Gasteiger partial charge >= 0.3 is 0 Å². The Bertz CT molecular complexity index is 980. The molecule has 0 bridgehead atoms. The molecule has 0 saturated carbocycles. The Labute approximate surface area is 181 Å². The molecule has 1 fully saturated rings. The molecule has 0 spiro atoms. The standard InChI is InChI=1S/C21H24ClFN2O4S/c22-17-5-2-8-20(13-17)30(27,28)24-10-9-21(26)25(15-19-7-3-11-29-19)14-16-4-1-6-18(23)12-16/h1-2,4-6,8,12-13,19,24H,3,7,9-11,14-15H2. The summed E-state index contributed by atoms with van der Waals surface area (Å²) in [5, 5.41) is 0.312. The van der Waals surface area contributed by atoms with Crippen molar-refractivity contribution in [3.63, 3.8) is 0 Å². The minimum Gasteiger partial charge on any atom is -0.376 e. The van der Waals surface area contributed by atoms with Crippen LogP contribution in [-0.2, 0) is 26.1 Å². The van der Waals surface area contributed by atoms with Crippen LogP contribution in [0.15, 0.2) is 53.4 Å². The van der Waals surface area contributed by atoms with E-state index >= 15 is 0 Å². The fourth-order valence-corrected chi connectivity index (χ4v) is 4.64. The number of carbonyl (C=O) groups is 1. The molecular weight excluding hydrogens is 431 g/mol. The van der Waals surface area contributed by atoms with Crippen LogP contribution in [0.25, 0.3) is 0 Å². The number of sulfonamides is 1. The second kappa shape index (κ2) is 10.3. The zero-order valence-electron chi connectivity index (χ0n) is 16.4. The molecule has 1 unspecified atom stereocenters.